The maximum Gasteiger partial charge on any atom is 0.228 e. The first-order valence-corrected chi connectivity index (χ1v) is 9.63. The Morgan fingerprint density at radius 1 is 1.00 bits per heavy atom. The van der Waals surface area contributed by atoms with Crippen molar-refractivity contribution in [3.63, 3.8) is 0 Å². The normalized spacial score (nSPS) is 10.4. The molecule has 0 radical (unpaired) electrons. The van der Waals surface area contributed by atoms with Gasteiger partial charge in [0, 0.05) is 33.2 Å². The van der Waals surface area contributed by atoms with E-state index in [-0.39, 0.29) is 5.91 Å². The Morgan fingerprint density at radius 3 is 2.44 bits per heavy atom. The first-order chi connectivity index (χ1) is 12.2. The van der Waals surface area contributed by atoms with Crippen molar-refractivity contribution in [1.29, 1.82) is 0 Å². The van der Waals surface area contributed by atoms with E-state index in [0.717, 1.165) is 26.4 Å². The lowest BCUT2D eigenvalue weighted by molar-refractivity contribution is -0.115. The molecule has 0 aliphatic rings. The van der Waals surface area contributed by atoms with E-state index in [1.807, 2.05) is 60.8 Å². The number of nitrogens with zero attached hydrogens (tertiary/aromatic N) is 1. The van der Waals surface area contributed by atoms with Crippen LogP contribution in [0, 0.1) is 0 Å². The van der Waals surface area contributed by atoms with Crippen LogP contribution in [0.25, 0.3) is 0 Å². The third-order valence-corrected chi connectivity index (χ3v) is 5.16. The summed E-state index contributed by atoms with van der Waals surface area (Å²) >= 11 is 5.14. The molecule has 3 nitrogen and oxygen atoms in total. The van der Waals surface area contributed by atoms with Crippen LogP contribution in [0.15, 0.2) is 82.4 Å². The minimum atomic E-state index is -0.0157. The Bertz CT molecular complexity index is 821. The summed E-state index contributed by atoms with van der Waals surface area (Å²) < 4.78 is 1.01. The van der Waals surface area contributed by atoms with Crippen molar-refractivity contribution in [3.8, 4) is 0 Å². The van der Waals surface area contributed by atoms with Gasteiger partial charge in [0.2, 0.25) is 5.91 Å². The van der Waals surface area contributed by atoms with Crippen LogP contribution in [0.2, 0.25) is 0 Å². The molecule has 0 saturated heterocycles. The predicted octanol–water partition coefficient (Wildman–Crippen LogP) is 5.32. The van der Waals surface area contributed by atoms with E-state index in [4.69, 9.17) is 0 Å². The van der Waals surface area contributed by atoms with Crippen LogP contribution in [-0.4, -0.2) is 10.9 Å². The molecule has 0 bridgehead atoms. The molecule has 1 N–H and O–H groups in total. The molecule has 2 aromatic carbocycles. The number of hydrogen-bond donors (Lipinski definition) is 1. The second-order valence-electron chi connectivity index (χ2n) is 5.53. The molecule has 0 aliphatic carbocycles. The molecule has 0 atom stereocenters. The van der Waals surface area contributed by atoms with Crippen LogP contribution in [0.1, 0.15) is 11.1 Å². The molecule has 0 unspecified atom stereocenters. The van der Waals surface area contributed by atoms with Gasteiger partial charge >= 0.3 is 0 Å². The van der Waals surface area contributed by atoms with Crippen LogP contribution in [0.3, 0.4) is 0 Å². The first-order valence-electron chi connectivity index (χ1n) is 7.85. The number of pyridine rings is 1. The number of thioether (sulfide) groups is 1. The average molecular weight is 413 g/mol. The van der Waals surface area contributed by atoms with Crippen LogP contribution in [0.4, 0.5) is 5.69 Å². The maximum atomic E-state index is 12.1. The molecule has 0 fully saturated rings. The fourth-order valence-corrected chi connectivity index (χ4v) is 3.37. The van der Waals surface area contributed by atoms with Gasteiger partial charge in [-0.3, -0.25) is 9.78 Å². The predicted molar refractivity (Wildman–Crippen MR) is 107 cm³/mol. The molecule has 1 amide bonds. The van der Waals surface area contributed by atoms with Gasteiger partial charge in [-0.05, 0) is 53.6 Å². The summed E-state index contributed by atoms with van der Waals surface area (Å²) in [4.78, 5) is 17.4. The Labute approximate surface area is 160 Å². The largest absolute Gasteiger partial charge is 0.326 e. The van der Waals surface area contributed by atoms with E-state index in [0.29, 0.717) is 6.42 Å². The molecule has 0 saturated carbocycles. The van der Waals surface area contributed by atoms with Gasteiger partial charge in [-0.1, -0.05) is 34.1 Å². The minimum Gasteiger partial charge on any atom is -0.326 e. The van der Waals surface area contributed by atoms with Gasteiger partial charge in [-0.25, -0.2) is 0 Å². The maximum absolute atomic E-state index is 12.1. The molecule has 5 heteroatoms. The Kier molecular flexibility index (Phi) is 6.25. The molecule has 1 aromatic heterocycles. The third-order valence-electron chi connectivity index (χ3n) is 3.54. The number of hydrogen-bond acceptors (Lipinski definition) is 3. The highest BCUT2D eigenvalue weighted by Crippen LogP contribution is 2.24. The van der Waals surface area contributed by atoms with Gasteiger partial charge in [0.1, 0.15) is 0 Å². The Morgan fingerprint density at radius 2 is 1.76 bits per heavy atom. The van der Waals surface area contributed by atoms with E-state index in [2.05, 4.69) is 32.3 Å². The first kappa shape index (κ1) is 17.7. The lowest BCUT2D eigenvalue weighted by Crippen LogP contribution is -2.14. The van der Waals surface area contributed by atoms with Gasteiger partial charge in [0.25, 0.3) is 0 Å². The van der Waals surface area contributed by atoms with Crippen LogP contribution in [-0.2, 0) is 17.0 Å². The summed E-state index contributed by atoms with van der Waals surface area (Å²) in [5.74, 6) is 0.862. The molecule has 25 heavy (non-hydrogen) atoms. The van der Waals surface area contributed by atoms with Crippen LogP contribution >= 0.6 is 27.7 Å². The quantitative estimate of drug-likeness (QED) is 0.557. The molecule has 126 valence electrons. The second kappa shape index (κ2) is 8.83. The lowest BCUT2D eigenvalue weighted by Gasteiger charge is -2.07. The summed E-state index contributed by atoms with van der Waals surface area (Å²) in [6, 6.07) is 19.7. The number of halogens is 1. The highest BCUT2D eigenvalue weighted by atomic mass is 79.9. The van der Waals surface area contributed by atoms with E-state index >= 15 is 0 Å². The standard InChI is InChI=1S/C20H17BrN2OS/c21-17-5-3-15(4-6-17)12-20(24)23-18-7-9-19(10-8-18)25-14-16-2-1-11-22-13-16/h1-11,13H,12,14H2,(H,23,24). The van der Waals surface area contributed by atoms with Gasteiger partial charge < -0.3 is 5.32 Å². The Hall–Kier alpha value is -2.11. The van der Waals surface area contributed by atoms with E-state index in [1.54, 1.807) is 18.0 Å². The van der Waals surface area contributed by atoms with Crippen LogP contribution < -0.4 is 5.32 Å². The van der Waals surface area contributed by atoms with Gasteiger partial charge in [-0.15, -0.1) is 11.8 Å². The summed E-state index contributed by atoms with van der Waals surface area (Å²) in [7, 11) is 0. The zero-order valence-electron chi connectivity index (χ0n) is 13.5. The van der Waals surface area contributed by atoms with Gasteiger partial charge in [0.15, 0.2) is 0 Å². The molecule has 3 aromatic rings. The van der Waals surface area contributed by atoms with Crippen molar-refractivity contribution in [2.45, 2.75) is 17.1 Å². The highest BCUT2D eigenvalue weighted by Gasteiger charge is 2.05. The molecular formula is C20H17BrN2OS. The topological polar surface area (TPSA) is 42.0 Å². The second-order valence-corrected chi connectivity index (χ2v) is 7.49. The zero-order valence-corrected chi connectivity index (χ0v) is 15.9. The van der Waals surface area contributed by atoms with Crippen molar-refractivity contribution in [3.05, 3.63) is 88.7 Å². The third kappa shape index (κ3) is 5.73. The molecule has 1 heterocycles. The monoisotopic (exact) mass is 412 g/mol. The van der Waals surface area contributed by atoms with Gasteiger partial charge in [0.05, 0.1) is 6.42 Å². The molecular weight excluding hydrogens is 396 g/mol. The number of benzene rings is 2. The number of carbonyl (C=O) groups is 1. The fourth-order valence-electron chi connectivity index (χ4n) is 2.28. The van der Waals surface area contributed by atoms with E-state index in [1.165, 1.54) is 5.56 Å². The van der Waals surface area contributed by atoms with E-state index < -0.39 is 0 Å². The minimum absolute atomic E-state index is 0.0157. The van der Waals surface area contributed by atoms with Gasteiger partial charge in [-0.2, -0.15) is 0 Å². The molecule has 0 spiro atoms. The molecule has 0 aliphatic heterocycles. The van der Waals surface area contributed by atoms with Crippen molar-refractivity contribution in [1.82, 2.24) is 4.98 Å². The number of amides is 1. The fraction of sp³-hybridized carbons (Fsp3) is 0.100. The van der Waals surface area contributed by atoms with Crippen molar-refractivity contribution < 1.29 is 4.79 Å². The number of anilines is 1. The highest BCUT2D eigenvalue weighted by molar-refractivity contribution is 9.10. The number of aromatic nitrogens is 1. The SMILES string of the molecule is O=C(Cc1ccc(Br)cc1)Nc1ccc(SCc2cccnc2)cc1. The van der Waals surface area contributed by atoms with Crippen LogP contribution in [0.5, 0.6) is 0 Å². The smallest absolute Gasteiger partial charge is 0.228 e. The lowest BCUT2D eigenvalue weighted by atomic mass is 10.1. The number of nitrogens with one attached hydrogen (secondary N) is 1. The van der Waals surface area contributed by atoms with Crippen molar-refractivity contribution >= 4 is 39.3 Å². The zero-order chi connectivity index (χ0) is 17.5. The van der Waals surface area contributed by atoms with E-state index in [9.17, 15) is 4.79 Å². The van der Waals surface area contributed by atoms with Crippen molar-refractivity contribution in [2.24, 2.45) is 0 Å². The number of carbonyl (C=O) groups excluding carboxylic acids is 1. The molecule has 3 rings (SSSR count). The van der Waals surface area contributed by atoms with Crippen molar-refractivity contribution in [2.75, 3.05) is 5.32 Å². The number of rotatable bonds is 6. The Balaban J connectivity index is 1.51. The summed E-state index contributed by atoms with van der Waals surface area (Å²) in [6.45, 7) is 0. The summed E-state index contributed by atoms with van der Waals surface area (Å²) in [6.07, 6.45) is 4.02. The summed E-state index contributed by atoms with van der Waals surface area (Å²) in [5.41, 5.74) is 3.00. The summed E-state index contributed by atoms with van der Waals surface area (Å²) in [5, 5.41) is 2.94. The average Bonchev–Trinajstić information content (AvgIpc) is 2.64.